The molecule has 0 unspecified atom stereocenters. The zero-order chi connectivity index (χ0) is 21.4. The minimum Gasteiger partial charge on any atom is -0.493 e. The van der Waals surface area contributed by atoms with Crippen LogP contribution in [0.3, 0.4) is 0 Å². The number of amides is 1. The Morgan fingerprint density at radius 2 is 1.87 bits per heavy atom. The fourth-order valence-electron chi connectivity index (χ4n) is 4.46. The first-order valence-corrected chi connectivity index (χ1v) is 9.74. The fourth-order valence-corrected chi connectivity index (χ4v) is 4.46. The summed E-state index contributed by atoms with van der Waals surface area (Å²) in [6, 6.07) is 12.5. The Kier molecular flexibility index (Phi) is 5.01. The second-order valence-corrected chi connectivity index (χ2v) is 8.10. The van der Waals surface area contributed by atoms with Crippen LogP contribution in [0.5, 0.6) is 5.75 Å². The number of nitrogens with zero attached hydrogens (tertiary/aromatic N) is 2. The molecule has 1 saturated carbocycles. The van der Waals surface area contributed by atoms with Gasteiger partial charge in [0, 0.05) is 31.3 Å². The normalized spacial score (nSPS) is 24.1. The maximum Gasteiger partial charge on any atom is 0.411 e. The van der Waals surface area contributed by atoms with Crippen molar-refractivity contribution < 1.29 is 23.8 Å². The Morgan fingerprint density at radius 1 is 1.13 bits per heavy atom. The van der Waals surface area contributed by atoms with E-state index in [1.54, 1.807) is 19.3 Å². The Labute approximate surface area is 174 Å². The minimum atomic E-state index is -1.02. The third kappa shape index (κ3) is 3.42. The average molecular weight is 412 g/mol. The molecule has 8 nitrogen and oxygen atoms in total. The van der Waals surface area contributed by atoms with Crippen molar-refractivity contribution in [1.82, 2.24) is 9.47 Å². The lowest BCUT2D eigenvalue weighted by molar-refractivity contribution is -0.158. The molecule has 30 heavy (non-hydrogen) atoms. The van der Waals surface area contributed by atoms with Crippen molar-refractivity contribution >= 4 is 12.1 Å². The van der Waals surface area contributed by atoms with Crippen LogP contribution in [0.25, 0.3) is 0 Å². The van der Waals surface area contributed by atoms with Gasteiger partial charge in [-0.1, -0.05) is 30.3 Å². The van der Waals surface area contributed by atoms with E-state index >= 15 is 0 Å². The summed E-state index contributed by atoms with van der Waals surface area (Å²) in [7, 11) is 2.98. The first kappa shape index (κ1) is 20.0. The number of carbonyl (C=O) groups excluding carboxylic acids is 2. The molecule has 1 aromatic heterocycles. The zero-order valence-electron chi connectivity index (χ0n) is 17.0. The molecule has 2 aliphatic heterocycles. The van der Waals surface area contributed by atoms with Crippen LogP contribution in [0.1, 0.15) is 18.4 Å². The van der Waals surface area contributed by atoms with Crippen molar-refractivity contribution in [3.63, 3.8) is 0 Å². The number of esters is 1. The maximum absolute atomic E-state index is 12.8. The summed E-state index contributed by atoms with van der Waals surface area (Å²) in [4.78, 5) is 38.6. The van der Waals surface area contributed by atoms with Crippen LogP contribution in [-0.2, 0) is 27.9 Å². The van der Waals surface area contributed by atoms with Gasteiger partial charge < -0.3 is 18.8 Å². The predicted octanol–water partition coefficient (Wildman–Crippen LogP) is 2.11. The Balaban J connectivity index is 1.45. The van der Waals surface area contributed by atoms with E-state index in [1.165, 1.54) is 22.6 Å². The third-order valence-electron chi connectivity index (χ3n) is 5.96. The van der Waals surface area contributed by atoms with Crippen LogP contribution < -0.4 is 10.3 Å². The summed E-state index contributed by atoms with van der Waals surface area (Å²) in [6.45, 7) is 0.756. The lowest BCUT2D eigenvalue weighted by atomic mass is 9.62. The highest BCUT2D eigenvalue weighted by molar-refractivity contribution is 5.89. The van der Waals surface area contributed by atoms with Gasteiger partial charge >= 0.3 is 12.1 Å². The van der Waals surface area contributed by atoms with E-state index < -0.39 is 17.6 Å². The highest BCUT2D eigenvalue weighted by Gasteiger charge is 2.72. The van der Waals surface area contributed by atoms with Crippen molar-refractivity contribution in [2.45, 2.75) is 25.0 Å². The number of pyridine rings is 1. The quantitative estimate of drug-likeness (QED) is 0.676. The van der Waals surface area contributed by atoms with Crippen LogP contribution in [0.2, 0.25) is 0 Å². The van der Waals surface area contributed by atoms with Crippen molar-refractivity contribution in [3.8, 4) is 5.75 Å². The summed E-state index contributed by atoms with van der Waals surface area (Å²) in [5.74, 6) is 0.0222. The summed E-state index contributed by atoms with van der Waals surface area (Å²) >= 11 is 0. The van der Waals surface area contributed by atoms with Gasteiger partial charge in [0.05, 0.1) is 13.7 Å². The number of aromatic nitrogens is 1. The minimum absolute atomic E-state index is 0.129. The van der Waals surface area contributed by atoms with Gasteiger partial charge in [-0.3, -0.25) is 9.69 Å². The van der Waals surface area contributed by atoms with Crippen LogP contribution in [0.15, 0.2) is 53.5 Å². The monoisotopic (exact) mass is 412 g/mol. The van der Waals surface area contributed by atoms with Crippen molar-refractivity contribution in [2.75, 3.05) is 20.3 Å². The Bertz CT molecular complexity index is 1010. The standard InChI is InChI=1S/C22H24N2O6/c1-23-9-8-17(10-18(23)25)30-15-21-12-22(13-21,19(26)28-2)24(14-21)20(27)29-11-16-6-4-3-5-7-16/h3-10H,11-15H2,1-2H3. The van der Waals surface area contributed by atoms with Crippen LogP contribution in [-0.4, -0.2) is 47.3 Å². The number of rotatable bonds is 6. The summed E-state index contributed by atoms with van der Waals surface area (Å²) in [6.07, 6.45) is 1.98. The molecule has 2 bridgehead atoms. The molecular formula is C22H24N2O6. The van der Waals surface area contributed by atoms with E-state index in [9.17, 15) is 14.4 Å². The topological polar surface area (TPSA) is 87.1 Å². The van der Waals surface area contributed by atoms with E-state index in [2.05, 4.69) is 0 Å². The van der Waals surface area contributed by atoms with Gasteiger partial charge in [-0.05, 0) is 24.5 Å². The van der Waals surface area contributed by atoms with Gasteiger partial charge in [-0.15, -0.1) is 0 Å². The van der Waals surface area contributed by atoms with Crippen molar-refractivity contribution in [1.29, 1.82) is 0 Å². The number of aryl methyl sites for hydroxylation is 1. The Morgan fingerprint density at radius 3 is 2.53 bits per heavy atom. The lowest BCUT2D eigenvalue weighted by Crippen LogP contribution is -2.58. The number of hydrogen-bond acceptors (Lipinski definition) is 6. The Hall–Kier alpha value is -3.29. The van der Waals surface area contributed by atoms with Gasteiger partial charge in [0.25, 0.3) is 5.56 Å². The van der Waals surface area contributed by atoms with Crippen molar-refractivity contribution in [3.05, 3.63) is 64.6 Å². The molecule has 2 saturated heterocycles. The lowest BCUT2D eigenvalue weighted by Gasteiger charge is -2.44. The van der Waals surface area contributed by atoms with Gasteiger partial charge in [-0.25, -0.2) is 9.59 Å². The zero-order valence-corrected chi connectivity index (χ0v) is 17.0. The summed E-state index contributed by atoms with van der Waals surface area (Å²) in [5.41, 5.74) is -0.687. The smallest absolute Gasteiger partial charge is 0.411 e. The van der Waals surface area contributed by atoms with E-state index in [-0.39, 0.29) is 17.6 Å². The van der Waals surface area contributed by atoms with Crippen LogP contribution >= 0.6 is 0 Å². The van der Waals surface area contributed by atoms with E-state index in [4.69, 9.17) is 14.2 Å². The average Bonchev–Trinajstić information content (AvgIpc) is 3.25. The molecule has 5 rings (SSSR count). The molecule has 3 aliphatic rings. The largest absolute Gasteiger partial charge is 0.493 e. The fraction of sp³-hybridized carbons (Fsp3) is 0.409. The number of carbonyl (C=O) groups is 2. The number of ether oxygens (including phenoxy) is 3. The molecule has 1 amide bonds. The van der Waals surface area contributed by atoms with Crippen LogP contribution in [0.4, 0.5) is 4.79 Å². The van der Waals surface area contributed by atoms with Gasteiger partial charge in [0.15, 0.2) is 0 Å². The molecule has 1 aliphatic carbocycles. The number of benzene rings is 1. The molecule has 0 atom stereocenters. The number of fused-ring (bicyclic) bond motifs is 1. The second kappa shape index (κ2) is 7.51. The third-order valence-corrected chi connectivity index (χ3v) is 5.96. The second-order valence-electron chi connectivity index (χ2n) is 8.10. The highest BCUT2D eigenvalue weighted by Crippen LogP contribution is 2.60. The first-order valence-electron chi connectivity index (χ1n) is 9.74. The molecule has 0 radical (unpaired) electrons. The predicted molar refractivity (Wildman–Crippen MR) is 107 cm³/mol. The maximum atomic E-state index is 12.8. The molecule has 1 aromatic carbocycles. The molecule has 158 valence electrons. The summed E-state index contributed by atoms with van der Waals surface area (Å²) in [5, 5.41) is 0. The SMILES string of the molecule is COC(=O)C12CC(COc3ccn(C)c(=O)c3)(CN1C(=O)OCc1ccccc1)C2. The number of methoxy groups -OCH3 is 1. The molecule has 3 heterocycles. The summed E-state index contributed by atoms with van der Waals surface area (Å²) < 4.78 is 17.7. The van der Waals surface area contributed by atoms with Gasteiger partial charge in [0.2, 0.25) is 0 Å². The highest BCUT2D eigenvalue weighted by atomic mass is 16.6. The van der Waals surface area contributed by atoms with Gasteiger partial charge in [0.1, 0.15) is 17.9 Å². The molecule has 0 N–H and O–H groups in total. The number of hydrogen-bond donors (Lipinski definition) is 0. The van der Waals surface area contributed by atoms with E-state index in [0.717, 1.165) is 5.56 Å². The van der Waals surface area contributed by atoms with Crippen molar-refractivity contribution in [2.24, 2.45) is 12.5 Å². The molecule has 8 heteroatoms. The molecule has 2 aromatic rings. The molecular weight excluding hydrogens is 388 g/mol. The first-order chi connectivity index (χ1) is 14.4. The molecule has 0 spiro atoms. The van der Waals surface area contributed by atoms with E-state index in [0.29, 0.717) is 31.7 Å². The van der Waals surface area contributed by atoms with Crippen LogP contribution in [0, 0.1) is 5.41 Å². The molecule has 3 fully saturated rings. The van der Waals surface area contributed by atoms with Gasteiger partial charge in [-0.2, -0.15) is 0 Å². The van der Waals surface area contributed by atoms with E-state index in [1.807, 2.05) is 30.3 Å².